The average Bonchev–Trinajstić information content (AvgIpc) is 2.96. The number of aromatic nitrogens is 2. The first-order valence-electron chi connectivity index (χ1n) is 7.52. The third-order valence-electron chi connectivity index (χ3n) is 3.44. The quantitative estimate of drug-likeness (QED) is 0.593. The Hall–Kier alpha value is -2.10. The number of nitrogens with zero attached hydrogens (tertiary/aromatic N) is 2. The molecule has 0 radical (unpaired) electrons. The van der Waals surface area contributed by atoms with Crippen LogP contribution in [0.15, 0.2) is 41.7 Å². The minimum atomic E-state index is 0.865. The molecule has 0 aliphatic rings. The molecule has 112 valence electrons. The summed E-state index contributed by atoms with van der Waals surface area (Å²) in [5, 5.41) is 11.5. The molecule has 21 heavy (non-hydrogen) atoms. The summed E-state index contributed by atoms with van der Waals surface area (Å²) in [4.78, 5) is 5.00. The molecule has 4 nitrogen and oxygen atoms in total. The van der Waals surface area contributed by atoms with Crippen molar-refractivity contribution >= 4 is 5.71 Å². The molecule has 0 saturated heterocycles. The van der Waals surface area contributed by atoms with Gasteiger partial charge in [0.1, 0.15) is 18.5 Å². The van der Waals surface area contributed by atoms with Crippen LogP contribution in [0.3, 0.4) is 0 Å². The van der Waals surface area contributed by atoms with E-state index in [1.807, 2.05) is 12.3 Å². The molecule has 0 bridgehead atoms. The summed E-state index contributed by atoms with van der Waals surface area (Å²) >= 11 is 0. The molecule has 0 spiro atoms. The second kappa shape index (κ2) is 8.25. The Bertz CT molecular complexity index is 560. The van der Waals surface area contributed by atoms with Gasteiger partial charge in [0.15, 0.2) is 0 Å². The highest BCUT2D eigenvalue weighted by Gasteiger charge is 2.13. The number of aryl methyl sites for hydroxylation is 2. The number of H-pyrrole nitrogens is 1. The zero-order valence-corrected chi connectivity index (χ0v) is 12.8. The van der Waals surface area contributed by atoms with E-state index in [4.69, 9.17) is 4.84 Å². The standard InChI is InChI=1S/C17H23N3O/c1-3-8-15-13-18-19-17(15)16(20-21-2)12-7-11-14-9-5-4-6-10-14/h4-6,9-10,13H,3,7-8,11-12H2,1-2H3,(H,18,19)/b20-16+. The van der Waals surface area contributed by atoms with Crippen LogP contribution in [-0.2, 0) is 17.7 Å². The maximum absolute atomic E-state index is 5.00. The Morgan fingerprint density at radius 1 is 1.24 bits per heavy atom. The molecule has 4 heteroatoms. The van der Waals surface area contributed by atoms with E-state index in [1.54, 1.807) is 7.11 Å². The number of oxime groups is 1. The Kier molecular flexibility index (Phi) is 6.00. The van der Waals surface area contributed by atoms with E-state index in [1.165, 1.54) is 11.1 Å². The van der Waals surface area contributed by atoms with Crippen LogP contribution < -0.4 is 0 Å². The number of benzene rings is 1. The first-order chi connectivity index (χ1) is 10.3. The Balaban J connectivity index is 1.99. The summed E-state index contributed by atoms with van der Waals surface area (Å²) in [5.74, 6) is 0. The molecule has 0 aliphatic carbocycles. The van der Waals surface area contributed by atoms with Crippen molar-refractivity contribution in [3.63, 3.8) is 0 Å². The van der Waals surface area contributed by atoms with E-state index in [0.717, 1.165) is 43.5 Å². The van der Waals surface area contributed by atoms with Crippen molar-refractivity contribution in [3.05, 3.63) is 53.3 Å². The van der Waals surface area contributed by atoms with Crippen molar-refractivity contribution in [2.45, 2.75) is 39.0 Å². The first kappa shape index (κ1) is 15.3. The molecular weight excluding hydrogens is 262 g/mol. The van der Waals surface area contributed by atoms with Gasteiger partial charge in [-0.3, -0.25) is 5.10 Å². The molecule has 0 unspecified atom stereocenters. The van der Waals surface area contributed by atoms with Crippen LogP contribution in [0.1, 0.15) is 43.0 Å². The van der Waals surface area contributed by atoms with Gasteiger partial charge in [-0.2, -0.15) is 5.10 Å². The van der Waals surface area contributed by atoms with E-state index in [0.29, 0.717) is 0 Å². The van der Waals surface area contributed by atoms with Crippen LogP contribution in [0.4, 0.5) is 0 Å². The Morgan fingerprint density at radius 3 is 2.76 bits per heavy atom. The number of hydrogen-bond donors (Lipinski definition) is 1. The lowest BCUT2D eigenvalue weighted by Gasteiger charge is -2.06. The third-order valence-corrected chi connectivity index (χ3v) is 3.44. The number of hydrogen-bond acceptors (Lipinski definition) is 3. The van der Waals surface area contributed by atoms with Gasteiger partial charge in [-0.05, 0) is 36.8 Å². The highest BCUT2D eigenvalue weighted by Crippen LogP contribution is 2.14. The van der Waals surface area contributed by atoms with Gasteiger partial charge in [0.25, 0.3) is 0 Å². The van der Waals surface area contributed by atoms with Crippen LogP contribution in [0, 0.1) is 0 Å². The van der Waals surface area contributed by atoms with Crippen LogP contribution in [0.5, 0.6) is 0 Å². The van der Waals surface area contributed by atoms with Crippen molar-refractivity contribution in [1.29, 1.82) is 0 Å². The van der Waals surface area contributed by atoms with Gasteiger partial charge in [0.2, 0.25) is 0 Å². The molecule has 0 atom stereocenters. The zero-order valence-electron chi connectivity index (χ0n) is 12.8. The highest BCUT2D eigenvalue weighted by molar-refractivity contribution is 5.99. The van der Waals surface area contributed by atoms with E-state index in [2.05, 4.69) is 46.5 Å². The molecule has 1 heterocycles. The zero-order chi connectivity index (χ0) is 14.9. The fourth-order valence-corrected chi connectivity index (χ4v) is 2.45. The Morgan fingerprint density at radius 2 is 2.05 bits per heavy atom. The fourth-order valence-electron chi connectivity index (χ4n) is 2.45. The maximum Gasteiger partial charge on any atom is 0.113 e. The molecule has 2 rings (SSSR count). The molecule has 1 aromatic carbocycles. The van der Waals surface area contributed by atoms with Crippen LogP contribution >= 0.6 is 0 Å². The average molecular weight is 285 g/mol. The third kappa shape index (κ3) is 4.45. The smallest absolute Gasteiger partial charge is 0.113 e. The second-order valence-corrected chi connectivity index (χ2v) is 5.07. The summed E-state index contributed by atoms with van der Waals surface area (Å²) in [5.41, 5.74) is 4.45. The molecule has 0 amide bonds. The number of nitrogens with one attached hydrogen (secondary N) is 1. The highest BCUT2D eigenvalue weighted by atomic mass is 16.6. The lowest BCUT2D eigenvalue weighted by atomic mass is 10.0. The maximum atomic E-state index is 5.00. The van der Waals surface area contributed by atoms with Gasteiger partial charge in [-0.1, -0.05) is 48.8 Å². The predicted octanol–water partition coefficient (Wildman–Crippen LogP) is 3.74. The van der Waals surface area contributed by atoms with Crippen LogP contribution in [0.2, 0.25) is 0 Å². The first-order valence-corrected chi connectivity index (χ1v) is 7.52. The minimum Gasteiger partial charge on any atom is -0.399 e. The molecule has 0 fully saturated rings. The minimum absolute atomic E-state index is 0.865. The van der Waals surface area contributed by atoms with Gasteiger partial charge >= 0.3 is 0 Å². The van der Waals surface area contributed by atoms with Gasteiger partial charge in [0.05, 0.1) is 0 Å². The van der Waals surface area contributed by atoms with E-state index in [9.17, 15) is 0 Å². The lowest BCUT2D eigenvalue weighted by Crippen LogP contribution is -2.06. The molecule has 1 N–H and O–H groups in total. The van der Waals surface area contributed by atoms with Crippen molar-refractivity contribution in [2.75, 3.05) is 7.11 Å². The number of aromatic amines is 1. The molecule has 0 aliphatic heterocycles. The monoisotopic (exact) mass is 285 g/mol. The molecule has 2 aromatic rings. The van der Waals surface area contributed by atoms with Crippen LogP contribution in [0.25, 0.3) is 0 Å². The van der Waals surface area contributed by atoms with Crippen LogP contribution in [-0.4, -0.2) is 23.0 Å². The van der Waals surface area contributed by atoms with E-state index >= 15 is 0 Å². The molecular formula is C17H23N3O. The normalized spacial score (nSPS) is 11.6. The molecule has 1 aromatic heterocycles. The topological polar surface area (TPSA) is 50.3 Å². The summed E-state index contributed by atoms with van der Waals surface area (Å²) in [6.07, 6.45) is 7.00. The number of rotatable bonds is 8. The molecule has 0 saturated carbocycles. The van der Waals surface area contributed by atoms with E-state index < -0.39 is 0 Å². The van der Waals surface area contributed by atoms with Crippen molar-refractivity contribution < 1.29 is 4.84 Å². The largest absolute Gasteiger partial charge is 0.399 e. The van der Waals surface area contributed by atoms with Crippen molar-refractivity contribution in [2.24, 2.45) is 5.16 Å². The van der Waals surface area contributed by atoms with Gasteiger partial charge in [0, 0.05) is 6.20 Å². The summed E-state index contributed by atoms with van der Waals surface area (Å²) in [7, 11) is 1.59. The summed E-state index contributed by atoms with van der Waals surface area (Å²) < 4.78 is 0. The van der Waals surface area contributed by atoms with Crippen molar-refractivity contribution in [3.8, 4) is 0 Å². The van der Waals surface area contributed by atoms with Crippen molar-refractivity contribution in [1.82, 2.24) is 10.2 Å². The second-order valence-electron chi connectivity index (χ2n) is 5.07. The lowest BCUT2D eigenvalue weighted by molar-refractivity contribution is 0.212. The van der Waals surface area contributed by atoms with E-state index in [-0.39, 0.29) is 0 Å². The summed E-state index contributed by atoms with van der Waals surface area (Å²) in [6, 6.07) is 10.5. The predicted molar refractivity (Wildman–Crippen MR) is 85.5 cm³/mol. The SMILES string of the molecule is CCCc1c[nH]nc1/C(CCCc1ccccc1)=N/OC. The fraction of sp³-hybridized carbons (Fsp3) is 0.412. The van der Waals surface area contributed by atoms with Gasteiger partial charge < -0.3 is 4.84 Å². The van der Waals surface area contributed by atoms with Gasteiger partial charge in [-0.25, -0.2) is 0 Å². The Labute approximate surface area is 126 Å². The summed E-state index contributed by atoms with van der Waals surface area (Å²) in [6.45, 7) is 2.17. The van der Waals surface area contributed by atoms with Gasteiger partial charge in [-0.15, -0.1) is 0 Å².